The summed E-state index contributed by atoms with van der Waals surface area (Å²) in [7, 11) is 0. The molecule has 84 heavy (non-hydrogen) atoms. The van der Waals surface area contributed by atoms with Crippen LogP contribution in [0.25, 0.3) is 111 Å². The Hall–Kier alpha value is -9.94. The van der Waals surface area contributed by atoms with Gasteiger partial charge in [0.2, 0.25) is 0 Å². The highest BCUT2D eigenvalue weighted by molar-refractivity contribution is 6.12. The van der Waals surface area contributed by atoms with Crippen LogP contribution in [0, 0.1) is 34.0 Å². The SMILES string of the molecule is CC(C)(C)c1cc(-c2nc(-c3cc(C(C)(C)C)cc(C(C)(C)C)c3)nc(-c3ccc(-n4c5ccccc5c5cc(C#N)ccc54)c(-c4ccc(-c5cccc(C#N)c5)cc4-n4c5ccccc5c5cc(C#N)ccc54)c3)n2)cc(C(C)(C)C)c1. The fourth-order valence-electron chi connectivity index (χ4n) is 11.6. The Morgan fingerprint density at radius 1 is 0.298 bits per heavy atom. The highest BCUT2D eigenvalue weighted by Crippen LogP contribution is 2.45. The zero-order valence-corrected chi connectivity index (χ0v) is 49.9. The van der Waals surface area contributed by atoms with E-state index in [1.807, 2.05) is 66.7 Å². The molecule has 0 saturated carbocycles. The number of nitrogens with zero attached hydrogens (tertiary/aromatic N) is 8. The zero-order valence-electron chi connectivity index (χ0n) is 49.9. The van der Waals surface area contributed by atoms with Crippen LogP contribution >= 0.6 is 0 Å². The second-order valence-electron chi connectivity index (χ2n) is 26.5. The summed E-state index contributed by atoms with van der Waals surface area (Å²) in [6.07, 6.45) is 0. The standard InChI is InChI=1S/C76H66N8/c1-73(2,3)54-35-52(36-55(41-54)74(4,5)6)71-80-70(81-72(82-71)53-37-56(75(7,8)9)42-57(38-53)76(10,11)12)51-27-31-68(83-64-22-15-13-20-58(64)61-33-47(44-78)24-29-66(61)83)63(39-51)60-28-26-50(49-19-17-18-46(32-49)43-77)40-69(60)84-65-23-16-14-21-59(65)62-34-48(45-79)25-30-67(62)84/h13-42H,1-12H3. The van der Waals surface area contributed by atoms with Crippen molar-refractivity contribution in [3.63, 3.8) is 0 Å². The number of nitriles is 3. The Morgan fingerprint density at radius 3 is 1.17 bits per heavy atom. The Balaban J connectivity index is 1.22. The van der Waals surface area contributed by atoms with Gasteiger partial charge in [-0.15, -0.1) is 0 Å². The van der Waals surface area contributed by atoms with Crippen LogP contribution in [0.2, 0.25) is 0 Å². The summed E-state index contributed by atoms with van der Waals surface area (Å²) < 4.78 is 4.62. The molecule has 0 bridgehead atoms. The van der Waals surface area contributed by atoms with Crippen molar-refractivity contribution in [2.45, 2.75) is 105 Å². The fourth-order valence-corrected chi connectivity index (χ4v) is 11.6. The van der Waals surface area contributed by atoms with E-state index in [1.165, 1.54) is 22.3 Å². The van der Waals surface area contributed by atoms with Gasteiger partial charge in [-0.3, -0.25) is 0 Å². The quantitative estimate of drug-likeness (QED) is 0.157. The van der Waals surface area contributed by atoms with Gasteiger partial charge in [-0.2, -0.15) is 15.8 Å². The molecule has 0 aliphatic carbocycles. The average molecular weight is 1090 g/mol. The minimum atomic E-state index is -0.161. The lowest BCUT2D eigenvalue weighted by Gasteiger charge is -2.26. The van der Waals surface area contributed by atoms with Gasteiger partial charge in [0.25, 0.3) is 0 Å². The number of para-hydroxylation sites is 2. The van der Waals surface area contributed by atoms with Crippen molar-refractivity contribution in [3.8, 4) is 86.0 Å². The van der Waals surface area contributed by atoms with Crippen molar-refractivity contribution >= 4 is 43.6 Å². The van der Waals surface area contributed by atoms with Crippen LogP contribution in [-0.4, -0.2) is 24.1 Å². The van der Waals surface area contributed by atoms with Gasteiger partial charge in [0.05, 0.1) is 68.3 Å². The Labute approximate surface area is 492 Å². The molecule has 0 fully saturated rings. The lowest BCUT2D eigenvalue weighted by molar-refractivity contribution is 0.568. The maximum Gasteiger partial charge on any atom is 0.164 e. The van der Waals surface area contributed by atoms with E-state index < -0.39 is 0 Å². The number of rotatable bonds is 7. The first-order chi connectivity index (χ1) is 40.0. The molecule has 0 amide bonds. The molecule has 0 aliphatic rings. The predicted octanol–water partition coefficient (Wildman–Crippen LogP) is 19.2. The molecule has 0 saturated heterocycles. The molecule has 9 aromatic carbocycles. The third-order valence-corrected chi connectivity index (χ3v) is 16.4. The van der Waals surface area contributed by atoms with Crippen LogP contribution in [0.1, 0.15) is 122 Å². The topological polar surface area (TPSA) is 120 Å². The average Bonchev–Trinajstić information content (AvgIpc) is 2.00. The third-order valence-electron chi connectivity index (χ3n) is 16.4. The summed E-state index contributed by atoms with van der Waals surface area (Å²) in [5, 5.41) is 34.6. The largest absolute Gasteiger partial charge is 0.309 e. The second-order valence-corrected chi connectivity index (χ2v) is 26.5. The lowest BCUT2D eigenvalue weighted by atomic mass is 9.79. The molecule has 12 rings (SSSR count). The molecule has 0 N–H and O–H groups in total. The molecule has 0 spiro atoms. The van der Waals surface area contributed by atoms with Gasteiger partial charge in [0.15, 0.2) is 17.5 Å². The normalized spacial score (nSPS) is 12.2. The number of fused-ring (bicyclic) bond motifs is 6. The summed E-state index contributed by atoms with van der Waals surface area (Å²) in [4.78, 5) is 16.6. The van der Waals surface area contributed by atoms with Crippen LogP contribution in [0.3, 0.4) is 0 Å². The van der Waals surface area contributed by atoms with Gasteiger partial charge in [0.1, 0.15) is 0 Å². The maximum absolute atomic E-state index is 10.2. The Bertz CT molecular complexity index is 4650. The minimum Gasteiger partial charge on any atom is -0.309 e. The van der Waals surface area contributed by atoms with Gasteiger partial charge in [-0.25, -0.2) is 15.0 Å². The smallest absolute Gasteiger partial charge is 0.164 e. The van der Waals surface area contributed by atoms with Crippen LogP contribution in [0.15, 0.2) is 182 Å². The molecule has 8 nitrogen and oxygen atoms in total. The lowest BCUT2D eigenvalue weighted by Crippen LogP contribution is -2.17. The maximum atomic E-state index is 10.2. The minimum absolute atomic E-state index is 0.161. The van der Waals surface area contributed by atoms with Crippen LogP contribution < -0.4 is 0 Å². The van der Waals surface area contributed by atoms with Crippen molar-refractivity contribution in [2.75, 3.05) is 0 Å². The Kier molecular flexibility index (Phi) is 13.1. The highest BCUT2D eigenvalue weighted by atomic mass is 15.0. The molecule has 8 heteroatoms. The van der Waals surface area contributed by atoms with E-state index in [4.69, 9.17) is 15.0 Å². The number of hydrogen-bond acceptors (Lipinski definition) is 6. The summed E-state index contributed by atoms with van der Waals surface area (Å²) in [6.45, 7) is 27.1. The van der Waals surface area contributed by atoms with E-state index in [0.29, 0.717) is 34.2 Å². The van der Waals surface area contributed by atoms with Crippen molar-refractivity contribution in [2.24, 2.45) is 0 Å². The van der Waals surface area contributed by atoms with E-state index in [9.17, 15) is 15.8 Å². The van der Waals surface area contributed by atoms with E-state index >= 15 is 0 Å². The van der Waals surface area contributed by atoms with Crippen LogP contribution in [0.5, 0.6) is 0 Å². The van der Waals surface area contributed by atoms with Crippen molar-refractivity contribution in [1.82, 2.24) is 24.1 Å². The van der Waals surface area contributed by atoms with Crippen molar-refractivity contribution < 1.29 is 0 Å². The van der Waals surface area contributed by atoms with Crippen LogP contribution in [0.4, 0.5) is 0 Å². The molecule has 3 aromatic heterocycles. The molecule has 3 heterocycles. The first-order valence-corrected chi connectivity index (χ1v) is 28.7. The monoisotopic (exact) mass is 1090 g/mol. The van der Waals surface area contributed by atoms with E-state index in [-0.39, 0.29) is 21.7 Å². The van der Waals surface area contributed by atoms with Gasteiger partial charge in [-0.05, 0) is 164 Å². The van der Waals surface area contributed by atoms with Crippen LogP contribution in [-0.2, 0) is 21.7 Å². The van der Waals surface area contributed by atoms with Crippen molar-refractivity contribution in [3.05, 3.63) is 221 Å². The summed E-state index contributed by atoms with van der Waals surface area (Å²) in [5.74, 6) is 1.68. The molecule has 410 valence electrons. The van der Waals surface area contributed by atoms with E-state index in [1.54, 1.807) is 0 Å². The summed E-state index contributed by atoms with van der Waals surface area (Å²) in [6, 6.07) is 70.2. The fraction of sp³-hybridized carbons (Fsp3) is 0.211. The molecular weight excluding hydrogens is 1020 g/mol. The molecule has 0 radical (unpaired) electrons. The van der Waals surface area contributed by atoms with Gasteiger partial charge in [-0.1, -0.05) is 156 Å². The predicted molar refractivity (Wildman–Crippen MR) is 345 cm³/mol. The molecule has 0 unspecified atom stereocenters. The summed E-state index contributed by atoms with van der Waals surface area (Å²) >= 11 is 0. The van der Waals surface area contributed by atoms with Gasteiger partial charge in [0, 0.05) is 49.4 Å². The molecular formula is C76H66N8. The highest BCUT2D eigenvalue weighted by Gasteiger charge is 2.28. The molecule has 12 aromatic rings. The third kappa shape index (κ3) is 9.86. The first kappa shape index (κ1) is 54.6. The van der Waals surface area contributed by atoms with E-state index in [0.717, 1.165) is 93.9 Å². The van der Waals surface area contributed by atoms with Gasteiger partial charge < -0.3 is 9.13 Å². The number of benzene rings is 9. The van der Waals surface area contributed by atoms with Crippen molar-refractivity contribution in [1.29, 1.82) is 15.8 Å². The zero-order chi connectivity index (χ0) is 59.2. The second kappa shape index (κ2) is 20.2. The number of hydrogen-bond donors (Lipinski definition) is 0. The molecule has 0 aliphatic heterocycles. The Morgan fingerprint density at radius 2 is 0.702 bits per heavy atom. The van der Waals surface area contributed by atoms with E-state index in [2.05, 4.69) is 226 Å². The van der Waals surface area contributed by atoms with Gasteiger partial charge >= 0.3 is 0 Å². The first-order valence-electron chi connectivity index (χ1n) is 28.7. The number of aromatic nitrogens is 5. The summed E-state index contributed by atoms with van der Waals surface area (Å²) in [5.41, 5.74) is 17.7. The molecule has 0 atom stereocenters.